The van der Waals surface area contributed by atoms with Gasteiger partial charge in [-0.2, -0.15) is 26.3 Å². The lowest BCUT2D eigenvalue weighted by atomic mass is 9.96. The minimum absolute atomic E-state index is 0.0197. The molecule has 14 heteroatoms. The van der Waals surface area contributed by atoms with Crippen LogP contribution in [0.3, 0.4) is 0 Å². The van der Waals surface area contributed by atoms with Crippen molar-refractivity contribution < 1.29 is 40.7 Å². The zero-order valence-corrected chi connectivity index (χ0v) is 25.2. The number of urea groups is 1. The van der Waals surface area contributed by atoms with Crippen LogP contribution in [-0.4, -0.2) is 85.0 Å². The highest BCUT2D eigenvalue weighted by atomic mass is 32.2. The zero-order valence-electron chi connectivity index (χ0n) is 24.4. The lowest BCUT2D eigenvalue weighted by molar-refractivity contribution is -0.163. The molecule has 3 heterocycles. The van der Waals surface area contributed by atoms with E-state index in [1.807, 2.05) is 9.80 Å². The van der Waals surface area contributed by atoms with Gasteiger partial charge in [-0.1, -0.05) is 17.8 Å². The number of amides is 2. The standard InChI is InChI=1S/C31H34F6N4O3S/c32-30(33,34)27-24(25(42)10-13-39-16-18-44-19-17-39)6-7-26(28(27)31(35,36)37)45-23-5-3-4-22(20-23)38-21-8-14-41(15-9-21)29(43)40-11-1-2-12-40/h3-7,10,13,20-21,38H,1-2,8-9,11-12,14-19H2. The van der Waals surface area contributed by atoms with Gasteiger partial charge in [0.25, 0.3) is 0 Å². The monoisotopic (exact) mass is 656 g/mol. The predicted molar refractivity (Wildman–Crippen MR) is 157 cm³/mol. The number of nitrogens with zero attached hydrogens (tertiary/aromatic N) is 3. The summed E-state index contributed by atoms with van der Waals surface area (Å²) in [4.78, 5) is 30.5. The Bertz CT molecular complexity index is 1400. The van der Waals surface area contributed by atoms with E-state index in [9.17, 15) is 35.9 Å². The summed E-state index contributed by atoms with van der Waals surface area (Å²) in [6.45, 7) is 4.24. The number of likely N-dealkylation sites (tertiary alicyclic amines) is 2. The van der Waals surface area contributed by atoms with E-state index in [0.29, 0.717) is 74.6 Å². The number of halogens is 6. The van der Waals surface area contributed by atoms with Crippen molar-refractivity contribution in [2.24, 2.45) is 0 Å². The van der Waals surface area contributed by atoms with Gasteiger partial charge in [0.2, 0.25) is 0 Å². The Balaban J connectivity index is 1.33. The largest absolute Gasteiger partial charge is 0.418 e. The van der Waals surface area contributed by atoms with E-state index in [1.165, 1.54) is 12.3 Å². The third-order valence-electron chi connectivity index (χ3n) is 8.06. The number of morpholine rings is 1. The third kappa shape index (κ3) is 8.26. The number of ketones is 1. The zero-order chi connectivity index (χ0) is 32.2. The Morgan fingerprint density at radius 1 is 0.844 bits per heavy atom. The quantitative estimate of drug-likeness (QED) is 0.197. The number of anilines is 1. The van der Waals surface area contributed by atoms with Crippen LogP contribution in [0, 0.1) is 0 Å². The van der Waals surface area contributed by atoms with E-state index < -0.39 is 39.7 Å². The molecule has 0 saturated carbocycles. The first-order valence-electron chi connectivity index (χ1n) is 14.8. The molecule has 2 aromatic carbocycles. The van der Waals surface area contributed by atoms with Crippen molar-refractivity contribution >= 4 is 29.3 Å². The molecule has 0 radical (unpaired) electrons. The van der Waals surface area contributed by atoms with Crippen LogP contribution >= 0.6 is 11.8 Å². The maximum Gasteiger partial charge on any atom is 0.418 e. The summed E-state index contributed by atoms with van der Waals surface area (Å²) in [5, 5.41) is 3.35. The summed E-state index contributed by atoms with van der Waals surface area (Å²) in [7, 11) is 0. The van der Waals surface area contributed by atoms with Gasteiger partial charge in [0.15, 0.2) is 5.78 Å². The van der Waals surface area contributed by atoms with Crippen LogP contribution in [0.1, 0.15) is 47.2 Å². The summed E-state index contributed by atoms with van der Waals surface area (Å²) < 4.78 is 90.9. The van der Waals surface area contributed by atoms with E-state index in [0.717, 1.165) is 44.1 Å². The van der Waals surface area contributed by atoms with Gasteiger partial charge in [-0.05, 0) is 56.0 Å². The molecule has 2 aromatic rings. The van der Waals surface area contributed by atoms with Gasteiger partial charge >= 0.3 is 18.4 Å². The van der Waals surface area contributed by atoms with Crippen molar-refractivity contribution in [3.8, 4) is 0 Å². The average molecular weight is 657 g/mol. The van der Waals surface area contributed by atoms with Crippen molar-refractivity contribution in [2.75, 3.05) is 57.8 Å². The second-order valence-corrected chi connectivity index (χ2v) is 12.3. The molecule has 2 amide bonds. The van der Waals surface area contributed by atoms with Crippen LogP contribution in [0.2, 0.25) is 0 Å². The van der Waals surface area contributed by atoms with Crippen molar-refractivity contribution in [1.82, 2.24) is 14.7 Å². The maximum absolute atomic E-state index is 14.3. The fourth-order valence-electron chi connectivity index (χ4n) is 5.77. The Labute approximate surface area is 261 Å². The summed E-state index contributed by atoms with van der Waals surface area (Å²) in [6, 6.07) is 8.25. The van der Waals surface area contributed by atoms with Crippen molar-refractivity contribution in [3.05, 3.63) is 65.4 Å². The number of carbonyl (C=O) groups is 2. The lowest BCUT2D eigenvalue weighted by Gasteiger charge is -2.35. The molecule has 0 aromatic heterocycles. The number of benzene rings is 2. The Morgan fingerprint density at radius 2 is 1.49 bits per heavy atom. The van der Waals surface area contributed by atoms with Crippen molar-refractivity contribution in [3.63, 3.8) is 0 Å². The lowest BCUT2D eigenvalue weighted by Crippen LogP contribution is -2.47. The molecule has 244 valence electrons. The van der Waals surface area contributed by atoms with Crippen LogP contribution in [0.5, 0.6) is 0 Å². The van der Waals surface area contributed by atoms with Crippen LogP contribution in [0.25, 0.3) is 0 Å². The molecule has 1 N–H and O–H groups in total. The molecule has 7 nitrogen and oxygen atoms in total. The van der Waals surface area contributed by atoms with Crippen LogP contribution < -0.4 is 5.32 Å². The minimum atomic E-state index is -5.44. The molecule has 5 rings (SSSR count). The van der Waals surface area contributed by atoms with E-state index in [4.69, 9.17) is 4.74 Å². The van der Waals surface area contributed by atoms with Crippen LogP contribution in [-0.2, 0) is 17.1 Å². The fourth-order valence-corrected chi connectivity index (χ4v) is 6.82. The second-order valence-electron chi connectivity index (χ2n) is 11.2. The minimum Gasteiger partial charge on any atom is -0.382 e. The number of piperidine rings is 1. The molecule has 0 unspecified atom stereocenters. The number of alkyl halides is 6. The van der Waals surface area contributed by atoms with E-state index >= 15 is 0 Å². The van der Waals surface area contributed by atoms with E-state index in [2.05, 4.69) is 5.32 Å². The van der Waals surface area contributed by atoms with Gasteiger partial charge < -0.3 is 24.8 Å². The second kappa shape index (κ2) is 13.9. The first kappa shape index (κ1) is 33.0. The van der Waals surface area contributed by atoms with Gasteiger partial charge in [0.1, 0.15) is 0 Å². The summed E-state index contributed by atoms with van der Waals surface area (Å²) in [5.74, 6) is -1.17. The number of rotatable bonds is 7. The summed E-state index contributed by atoms with van der Waals surface area (Å²) in [5.41, 5.74) is -4.34. The molecular formula is C31H34F6N4O3S. The summed E-state index contributed by atoms with van der Waals surface area (Å²) in [6.07, 6.45) is -5.29. The highest BCUT2D eigenvalue weighted by molar-refractivity contribution is 7.99. The highest BCUT2D eigenvalue weighted by Gasteiger charge is 2.47. The van der Waals surface area contributed by atoms with Gasteiger partial charge in [-0.25, -0.2) is 4.79 Å². The molecule has 0 bridgehead atoms. The molecule has 3 fully saturated rings. The molecule has 3 aliphatic heterocycles. The molecule has 0 aliphatic carbocycles. The van der Waals surface area contributed by atoms with Crippen molar-refractivity contribution in [2.45, 2.75) is 53.9 Å². The van der Waals surface area contributed by atoms with Gasteiger partial charge in [-0.3, -0.25) is 4.79 Å². The molecule has 0 spiro atoms. The number of ether oxygens (including phenoxy) is 1. The molecular weight excluding hydrogens is 622 g/mol. The highest BCUT2D eigenvalue weighted by Crippen LogP contribution is 2.48. The number of hydrogen-bond donors (Lipinski definition) is 1. The van der Waals surface area contributed by atoms with Gasteiger partial charge in [-0.15, -0.1) is 0 Å². The number of nitrogens with one attached hydrogen (secondary N) is 1. The normalized spacial score (nSPS) is 18.6. The fraction of sp³-hybridized carbons (Fsp3) is 0.484. The molecule has 3 saturated heterocycles. The Hall–Kier alpha value is -3.39. The first-order chi connectivity index (χ1) is 21.4. The maximum atomic E-state index is 14.3. The predicted octanol–water partition coefficient (Wildman–Crippen LogP) is 7.00. The van der Waals surface area contributed by atoms with Gasteiger partial charge in [0.05, 0.1) is 24.3 Å². The van der Waals surface area contributed by atoms with Crippen LogP contribution in [0.15, 0.2) is 58.5 Å². The molecule has 3 aliphatic rings. The Morgan fingerprint density at radius 3 is 2.13 bits per heavy atom. The van der Waals surface area contributed by atoms with Gasteiger partial charge in [0, 0.05) is 78.6 Å². The van der Waals surface area contributed by atoms with Crippen LogP contribution in [0.4, 0.5) is 36.8 Å². The average Bonchev–Trinajstić information content (AvgIpc) is 3.55. The third-order valence-corrected chi connectivity index (χ3v) is 9.11. The molecule has 45 heavy (non-hydrogen) atoms. The number of hydrogen-bond acceptors (Lipinski definition) is 6. The first-order valence-corrected chi connectivity index (χ1v) is 15.7. The van der Waals surface area contributed by atoms with Crippen molar-refractivity contribution in [1.29, 1.82) is 0 Å². The smallest absolute Gasteiger partial charge is 0.382 e. The van der Waals surface area contributed by atoms with E-state index in [1.54, 1.807) is 23.1 Å². The molecule has 0 atom stereocenters. The Kier molecular flexibility index (Phi) is 10.2. The SMILES string of the molecule is O=C(C=CN1CCOCC1)c1ccc(Sc2cccc(NC3CCN(C(=O)N4CCCC4)CC3)c2)c(C(F)(F)F)c1C(F)(F)F. The number of allylic oxidation sites excluding steroid dienone is 1. The number of carbonyl (C=O) groups excluding carboxylic acids is 2. The topological polar surface area (TPSA) is 65.1 Å². The summed E-state index contributed by atoms with van der Waals surface area (Å²) >= 11 is 0.553. The van der Waals surface area contributed by atoms with E-state index in [-0.39, 0.29) is 12.1 Å².